The van der Waals surface area contributed by atoms with Crippen LogP contribution in [-0.4, -0.2) is 43.4 Å². The minimum absolute atomic E-state index is 0.0145. The Bertz CT molecular complexity index is 1140. The number of hydrogen-bond donors (Lipinski definition) is 2. The molecule has 9 nitrogen and oxygen atoms in total. The Morgan fingerprint density at radius 2 is 2.06 bits per heavy atom. The highest BCUT2D eigenvalue weighted by molar-refractivity contribution is 5.81. The van der Waals surface area contributed by atoms with Crippen LogP contribution in [0.1, 0.15) is 41.9 Å². The van der Waals surface area contributed by atoms with Crippen LogP contribution in [0.15, 0.2) is 34.9 Å². The number of alkyl halides is 2. The van der Waals surface area contributed by atoms with Gasteiger partial charge in [0.2, 0.25) is 5.91 Å². The van der Waals surface area contributed by atoms with Crippen LogP contribution in [0.2, 0.25) is 0 Å². The number of aromatic nitrogens is 4. The molecule has 0 saturated heterocycles. The summed E-state index contributed by atoms with van der Waals surface area (Å²) in [6, 6.07) is 8.98. The van der Waals surface area contributed by atoms with Crippen molar-refractivity contribution >= 4 is 11.9 Å². The van der Waals surface area contributed by atoms with Crippen LogP contribution in [0.5, 0.6) is 0 Å². The van der Waals surface area contributed by atoms with Crippen LogP contribution in [0.3, 0.4) is 0 Å². The summed E-state index contributed by atoms with van der Waals surface area (Å²) in [7, 11) is 0. The van der Waals surface area contributed by atoms with Crippen LogP contribution in [0, 0.1) is 6.92 Å². The van der Waals surface area contributed by atoms with E-state index in [1.165, 1.54) is 0 Å². The van der Waals surface area contributed by atoms with Crippen LogP contribution in [0.25, 0.3) is 11.6 Å². The van der Waals surface area contributed by atoms with E-state index in [1.54, 1.807) is 0 Å². The zero-order chi connectivity index (χ0) is 22.2. The Balaban J connectivity index is 1.60. The van der Waals surface area contributed by atoms with Gasteiger partial charge < -0.3 is 14.9 Å². The molecule has 4 rings (SSSR count). The molecule has 1 saturated carbocycles. The van der Waals surface area contributed by atoms with Gasteiger partial charge in [0, 0.05) is 0 Å². The van der Waals surface area contributed by atoms with E-state index in [-0.39, 0.29) is 17.0 Å². The Labute approximate surface area is 175 Å². The number of carbonyl (C=O) groups excluding carboxylic acids is 1. The van der Waals surface area contributed by atoms with E-state index in [9.17, 15) is 18.4 Å². The first kappa shape index (κ1) is 20.6. The average molecular weight is 431 g/mol. The molecule has 0 unspecified atom stereocenters. The number of aliphatic carboxylic acids is 1. The summed E-state index contributed by atoms with van der Waals surface area (Å²) in [6.07, 6.45) is -1.22. The number of carboxylic acids is 1. The Morgan fingerprint density at radius 3 is 2.71 bits per heavy atom. The van der Waals surface area contributed by atoms with E-state index in [4.69, 9.17) is 9.63 Å². The van der Waals surface area contributed by atoms with Crippen molar-refractivity contribution in [2.24, 2.45) is 0 Å². The molecule has 0 bridgehead atoms. The molecule has 11 heteroatoms. The van der Waals surface area contributed by atoms with E-state index in [1.807, 2.05) is 31.2 Å². The van der Waals surface area contributed by atoms with Crippen LogP contribution in [-0.2, 0) is 21.5 Å². The lowest BCUT2D eigenvalue weighted by molar-refractivity contribution is -0.138. The van der Waals surface area contributed by atoms with Crippen molar-refractivity contribution in [3.8, 4) is 11.6 Å². The van der Waals surface area contributed by atoms with E-state index < -0.39 is 37.1 Å². The number of carbonyl (C=O) groups is 2. The zero-order valence-electron chi connectivity index (χ0n) is 16.5. The van der Waals surface area contributed by atoms with Crippen molar-refractivity contribution in [3.05, 3.63) is 53.0 Å². The summed E-state index contributed by atoms with van der Waals surface area (Å²) in [6.45, 7) is 0.814. The standard InChI is InChI=1S/C20H19F2N5O4/c1-11-4-2-3-5-12(11)20(6-7-20)19-24-18(31-26-19)13-8-14(17(21)22)27(25-13)10-15(28)23-9-16(29)30/h2-5,8,17H,6-7,9-10H2,1H3,(H,23,28)(H,29,30). The summed E-state index contributed by atoms with van der Waals surface area (Å²) in [5.74, 6) is -1.57. The lowest BCUT2D eigenvalue weighted by Gasteiger charge is -2.13. The van der Waals surface area contributed by atoms with Gasteiger partial charge in [-0.25, -0.2) is 8.78 Å². The maximum Gasteiger partial charge on any atom is 0.322 e. The molecule has 2 N–H and O–H groups in total. The molecular weight excluding hydrogens is 412 g/mol. The third kappa shape index (κ3) is 4.03. The molecule has 1 aliphatic rings. The molecule has 0 atom stereocenters. The van der Waals surface area contributed by atoms with Crippen molar-refractivity contribution in [1.82, 2.24) is 25.2 Å². The fraction of sp³-hybridized carbons (Fsp3) is 0.350. The number of halogens is 2. The van der Waals surface area contributed by atoms with Gasteiger partial charge in [-0.3, -0.25) is 14.3 Å². The van der Waals surface area contributed by atoms with Crippen molar-refractivity contribution < 1.29 is 28.0 Å². The van der Waals surface area contributed by atoms with Gasteiger partial charge in [0.25, 0.3) is 12.3 Å². The first-order valence-corrected chi connectivity index (χ1v) is 9.55. The number of benzene rings is 1. The highest BCUT2D eigenvalue weighted by Gasteiger charge is 2.50. The zero-order valence-corrected chi connectivity index (χ0v) is 16.5. The van der Waals surface area contributed by atoms with Gasteiger partial charge in [-0.2, -0.15) is 10.1 Å². The summed E-state index contributed by atoms with van der Waals surface area (Å²) in [4.78, 5) is 26.8. The van der Waals surface area contributed by atoms with E-state index in [2.05, 4.69) is 20.6 Å². The number of carboxylic acid groups (broad SMARTS) is 1. The molecule has 0 spiro atoms. The molecule has 1 aromatic carbocycles. The van der Waals surface area contributed by atoms with Gasteiger partial charge in [-0.1, -0.05) is 29.4 Å². The SMILES string of the molecule is Cc1ccccc1C1(c2noc(-c3cc(C(F)F)n(CC(=O)NCC(=O)O)n3)n2)CC1. The second-order valence-electron chi connectivity index (χ2n) is 7.40. The summed E-state index contributed by atoms with van der Waals surface area (Å²) in [5.41, 5.74) is 1.33. The van der Waals surface area contributed by atoms with Crippen LogP contribution >= 0.6 is 0 Å². The molecule has 162 valence electrons. The topological polar surface area (TPSA) is 123 Å². The third-order valence-electron chi connectivity index (χ3n) is 5.25. The quantitative estimate of drug-likeness (QED) is 0.562. The van der Waals surface area contributed by atoms with Gasteiger partial charge in [0.05, 0.1) is 5.41 Å². The minimum Gasteiger partial charge on any atom is -0.480 e. The second kappa shape index (κ2) is 7.89. The first-order valence-electron chi connectivity index (χ1n) is 9.55. The van der Waals surface area contributed by atoms with E-state index in [0.717, 1.165) is 34.7 Å². The highest BCUT2D eigenvalue weighted by atomic mass is 19.3. The molecule has 1 fully saturated rings. The number of amides is 1. The molecule has 3 aromatic rings. The highest BCUT2D eigenvalue weighted by Crippen LogP contribution is 2.53. The molecule has 2 aromatic heterocycles. The van der Waals surface area contributed by atoms with Crippen molar-refractivity contribution in [1.29, 1.82) is 0 Å². The fourth-order valence-electron chi connectivity index (χ4n) is 3.57. The van der Waals surface area contributed by atoms with E-state index >= 15 is 0 Å². The minimum atomic E-state index is -2.90. The largest absolute Gasteiger partial charge is 0.480 e. The monoisotopic (exact) mass is 431 g/mol. The van der Waals surface area contributed by atoms with Crippen molar-refractivity contribution in [2.45, 2.75) is 38.2 Å². The number of nitrogens with one attached hydrogen (secondary N) is 1. The smallest absolute Gasteiger partial charge is 0.322 e. The van der Waals surface area contributed by atoms with Gasteiger partial charge in [0.1, 0.15) is 18.8 Å². The van der Waals surface area contributed by atoms with Crippen molar-refractivity contribution in [3.63, 3.8) is 0 Å². The fourth-order valence-corrected chi connectivity index (χ4v) is 3.57. The number of hydrogen-bond acceptors (Lipinski definition) is 6. The van der Waals surface area contributed by atoms with Gasteiger partial charge in [0.15, 0.2) is 11.5 Å². The number of rotatable bonds is 8. The predicted octanol–water partition coefficient (Wildman–Crippen LogP) is 2.46. The molecular formula is C20H19F2N5O4. The summed E-state index contributed by atoms with van der Waals surface area (Å²) in [5, 5.41) is 18.8. The van der Waals surface area contributed by atoms with Gasteiger partial charge in [-0.15, -0.1) is 0 Å². The lowest BCUT2D eigenvalue weighted by atomic mass is 9.91. The second-order valence-corrected chi connectivity index (χ2v) is 7.40. The Morgan fingerprint density at radius 1 is 1.32 bits per heavy atom. The molecule has 0 aliphatic heterocycles. The molecule has 31 heavy (non-hydrogen) atoms. The molecule has 1 amide bonds. The van der Waals surface area contributed by atoms with Gasteiger partial charge in [-0.05, 0) is 37.0 Å². The van der Waals surface area contributed by atoms with Crippen molar-refractivity contribution in [2.75, 3.05) is 6.54 Å². The van der Waals surface area contributed by atoms with Gasteiger partial charge >= 0.3 is 5.97 Å². The van der Waals surface area contributed by atoms with E-state index in [0.29, 0.717) is 5.82 Å². The predicted molar refractivity (Wildman–Crippen MR) is 102 cm³/mol. The normalized spacial score (nSPS) is 14.6. The summed E-state index contributed by atoms with van der Waals surface area (Å²) < 4.78 is 33.0. The average Bonchev–Trinajstić information content (AvgIpc) is 3.17. The summed E-state index contributed by atoms with van der Waals surface area (Å²) >= 11 is 0. The first-order chi connectivity index (χ1) is 14.8. The third-order valence-corrected chi connectivity index (χ3v) is 5.25. The Hall–Kier alpha value is -3.63. The lowest BCUT2D eigenvalue weighted by Crippen LogP contribution is -2.32. The van der Waals surface area contributed by atoms with Crippen LogP contribution < -0.4 is 5.32 Å². The molecule has 0 radical (unpaired) electrons. The number of aryl methyl sites for hydroxylation is 1. The molecule has 1 aliphatic carbocycles. The van der Waals surface area contributed by atoms with Crippen LogP contribution in [0.4, 0.5) is 8.78 Å². The number of nitrogens with zero attached hydrogens (tertiary/aromatic N) is 4. The maximum absolute atomic E-state index is 13.4. The Kier molecular flexibility index (Phi) is 5.25. The molecule has 2 heterocycles. The maximum atomic E-state index is 13.4.